The minimum absolute atomic E-state index is 0.0359. The van der Waals surface area contributed by atoms with Gasteiger partial charge in [-0.25, -0.2) is 4.98 Å². The number of rotatable bonds is 2. The normalized spacial score (nSPS) is 11.5. The molecule has 3 nitrogen and oxygen atoms in total. The van der Waals surface area contributed by atoms with E-state index >= 15 is 0 Å². The van der Waals surface area contributed by atoms with Gasteiger partial charge in [0, 0.05) is 16.4 Å². The molecule has 114 valence electrons. The Balaban J connectivity index is 2.32. The standard InChI is InChI=1S/C18H20N2OS/c1-9(2)16-19-17(21)15-14(12(5)22-18(15)20-16)13-7-6-10(3)11(4)8-13/h6-9H,1-5H3,(H,19,20,21). The van der Waals surface area contributed by atoms with Crippen molar-refractivity contribution in [2.45, 2.75) is 40.5 Å². The minimum Gasteiger partial charge on any atom is -0.310 e. The molecule has 3 aromatic rings. The molecule has 0 aliphatic heterocycles. The van der Waals surface area contributed by atoms with E-state index in [1.165, 1.54) is 11.1 Å². The van der Waals surface area contributed by atoms with Crippen LogP contribution in [0.25, 0.3) is 21.3 Å². The third kappa shape index (κ3) is 2.37. The summed E-state index contributed by atoms with van der Waals surface area (Å²) in [6, 6.07) is 6.35. The molecule has 1 N–H and O–H groups in total. The fourth-order valence-electron chi connectivity index (χ4n) is 2.65. The number of nitrogens with zero attached hydrogens (tertiary/aromatic N) is 1. The summed E-state index contributed by atoms with van der Waals surface area (Å²) < 4.78 is 0. The van der Waals surface area contributed by atoms with E-state index in [-0.39, 0.29) is 11.5 Å². The molecule has 22 heavy (non-hydrogen) atoms. The molecular formula is C18H20N2OS. The van der Waals surface area contributed by atoms with Crippen molar-refractivity contribution in [3.8, 4) is 11.1 Å². The lowest BCUT2D eigenvalue weighted by atomic mass is 9.99. The number of nitrogens with one attached hydrogen (secondary N) is 1. The van der Waals surface area contributed by atoms with Crippen LogP contribution in [0.3, 0.4) is 0 Å². The molecular weight excluding hydrogens is 292 g/mol. The molecule has 0 saturated heterocycles. The molecule has 2 aromatic heterocycles. The second kappa shape index (κ2) is 5.36. The fraction of sp³-hybridized carbons (Fsp3) is 0.333. The van der Waals surface area contributed by atoms with Gasteiger partial charge >= 0.3 is 0 Å². The fourth-order valence-corrected chi connectivity index (χ4v) is 3.71. The van der Waals surface area contributed by atoms with Crippen molar-refractivity contribution in [2.24, 2.45) is 0 Å². The lowest BCUT2D eigenvalue weighted by molar-refractivity contribution is 0.778. The van der Waals surface area contributed by atoms with Crippen molar-refractivity contribution in [1.29, 1.82) is 0 Å². The number of fused-ring (bicyclic) bond motifs is 1. The average Bonchev–Trinajstić information content (AvgIpc) is 2.78. The van der Waals surface area contributed by atoms with E-state index in [0.29, 0.717) is 0 Å². The molecule has 4 heteroatoms. The second-order valence-electron chi connectivity index (χ2n) is 6.12. The number of H-pyrrole nitrogens is 1. The van der Waals surface area contributed by atoms with Crippen LogP contribution in [0.15, 0.2) is 23.0 Å². The Morgan fingerprint density at radius 2 is 1.86 bits per heavy atom. The first-order valence-corrected chi connectivity index (χ1v) is 8.31. The summed E-state index contributed by atoms with van der Waals surface area (Å²) in [7, 11) is 0. The summed E-state index contributed by atoms with van der Waals surface area (Å²) in [5.41, 5.74) is 4.57. The number of aryl methyl sites for hydroxylation is 3. The van der Waals surface area contributed by atoms with Crippen molar-refractivity contribution >= 4 is 21.6 Å². The number of benzene rings is 1. The second-order valence-corrected chi connectivity index (χ2v) is 7.32. The van der Waals surface area contributed by atoms with Crippen LogP contribution in [0.2, 0.25) is 0 Å². The van der Waals surface area contributed by atoms with Crippen LogP contribution in [-0.4, -0.2) is 9.97 Å². The minimum atomic E-state index is -0.0359. The van der Waals surface area contributed by atoms with Gasteiger partial charge in [0.2, 0.25) is 0 Å². The third-order valence-electron chi connectivity index (χ3n) is 4.10. The molecule has 0 amide bonds. The van der Waals surface area contributed by atoms with Gasteiger partial charge < -0.3 is 4.98 Å². The van der Waals surface area contributed by atoms with E-state index in [0.717, 1.165) is 32.0 Å². The maximum Gasteiger partial charge on any atom is 0.260 e. The summed E-state index contributed by atoms with van der Waals surface area (Å²) in [5.74, 6) is 0.968. The Hall–Kier alpha value is -1.94. The molecule has 0 fully saturated rings. The average molecular weight is 312 g/mol. The summed E-state index contributed by atoms with van der Waals surface area (Å²) >= 11 is 1.60. The van der Waals surface area contributed by atoms with Gasteiger partial charge in [-0.05, 0) is 37.5 Å². The summed E-state index contributed by atoms with van der Waals surface area (Å²) in [6.07, 6.45) is 0. The summed E-state index contributed by atoms with van der Waals surface area (Å²) in [4.78, 5) is 22.1. The van der Waals surface area contributed by atoms with Crippen molar-refractivity contribution < 1.29 is 0 Å². The Kier molecular flexibility index (Phi) is 3.65. The molecule has 2 heterocycles. The van der Waals surface area contributed by atoms with Crippen LogP contribution < -0.4 is 5.56 Å². The van der Waals surface area contributed by atoms with Crippen molar-refractivity contribution in [3.63, 3.8) is 0 Å². The van der Waals surface area contributed by atoms with Gasteiger partial charge in [-0.2, -0.15) is 0 Å². The lowest BCUT2D eigenvalue weighted by Crippen LogP contribution is -2.12. The van der Waals surface area contributed by atoms with E-state index in [4.69, 9.17) is 0 Å². The van der Waals surface area contributed by atoms with Crippen LogP contribution in [0, 0.1) is 20.8 Å². The van der Waals surface area contributed by atoms with Crippen molar-refractivity contribution in [2.75, 3.05) is 0 Å². The molecule has 0 radical (unpaired) electrons. The highest BCUT2D eigenvalue weighted by molar-refractivity contribution is 7.19. The van der Waals surface area contributed by atoms with E-state index in [2.05, 4.69) is 48.9 Å². The first-order chi connectivity index (χ1) is 10.4. The SMILES string of the molecule is Cc1ccc(-c2c(C)sc3nc(C(C)C)[nH]c(=O)c23)cc1C. The van der Waals surface area contributed by atoms with Gasteiger partial charge in [0.15, 0.2) is 0 Å². The maximum atomic E-state index is 12.6. The highest BCUT2D eigenvalue weighted by Crippen LogP contribution is 2.36. The number of hydrogen-bond acceptors (Lipinski definition) is 3. The number of aromatic nitrogens is 2. The first kappa shape index (κ1) is 15.0. The predicted molar refractivity (Wildman–Crippen MR) is 94.0 cm³/mol. The zero-order chi connectivity index (χ0) is 16.0. The van der Waals surface area contributed by atoms with E-state index in [9.17, 15) is 4.79 Å². The molecule has 1 aromatic carbocycles. The van der Waals surface area contributed by atoms with Crippen LogP contribution in [0.1, 0.15) is 41.6 Å². The Bertz CT molecular complexity index is 919. The number of hydrogen-bond donors (Lipinski definition) is 1. The maximum absolute atomic E-state index is 12.6. The molecule has 3 rings (SSSR count). The quantitative estimate of drug-likeness (QED) is 0.745. The zero-order valence-electron chi connectivity index (χ0n) is 13.6. The van der Waals surface area contributed by atoms with Gasteiger partial charge in [-0.1, -0.05) is 32.0 Å². The van der Waals surface area contributed by atoms with E-state index in [1.807, 2.05) is 13.8 Å². The molecule has 0 saturated carbocycles. The van der Waals surface area contributed by atoms with Crippen LogP contribution >= 0.6 is 11.3 Å². The predicted octanol–water partition coefficient (Wildman–Crippen LogP) is 4.70. The monoisotopic (exact) mass is 312 g/mol. The third-order valence-corrected chi connectivity index (χ3v) is 5.10. The molecule has 0 atom stereocenters. The Labute approximate surface area is 134 Å². The highest BCUT2D eigenvalue weighted by Gasteiger charge is 2.17. The Morgan fingerprint density at radius 3 is 2.50 bits per heavy atom. The van der Waals surface area contributed by atoms with Gasteiger partial charge in [0.1, 0.15) is 10.7 Å². The molecule has 0 unspecified atom stereocenters. The van der Waals surface area contributed by atoms with Crippen LogP contribution in [0.5, 0.6) is 0 Å². The molecule has 0 bridgehead atoms. The van der Waals surface area contributed by atoms with Gasteiger partial charge in [-0.3, -0.25) is 4.79 Å². The first-order valence-electron chi connectivity index (χ1n) is 7.49. The summed E-state index contributed by atoms with van der Waals surface area (Å²) in [6.45, 7) is 10.3. The van der Waals surface area contributed by atoms with E-state index < -0.39 is 0 Å². The van der Waals surface area contributed by atoms with Crippen LogP contribution in [0.4, 0.5) is 0 Å². The topological polar surface area (TPSA) is 45.8 Å². The largest absolute Gasteiger partial charge is 0.310 e. The molecule has 0 aliphatic carbocycles. The number of thiophene rings is 1. The number of aromatic amines is 1. The van der Waals surface area contributed by atoms with E-state index in [1.54, 1.807) is 11.3 Å². The molecule has 0 spiro atoms. The van der Waals surface area contributed by atoms with Gasteiger partial charge in [0.05, 0.1) is 5.39 Å². The van der Waals surface area contributed by atoms with Gasteiger partial charge in [0.25, 0.3) is 5.56 Å². The highest BCUT2D eigenvalue weighted by atomic mass is 32.1. The van der Waals surface area contributed by atoms with Crippen molar-refractivity contribution in [3.05, 3.63) is 50.4 Å². The Morgan fingerprint density at radius 1 is 1.14 bits per heavy atom. The molecule has 0 aliphatic rings. The lowest BCUT2D eigenvalue weighted by Gasteiger charge is -2.07. The van der Waals surface area contributed by atoms with Crippen molar-refractivity contribution in [1.82, 2.24) is 9.97 Å². The van der Waals surface area contributed by atoms with Gasteiger partial charge in [-0.15, -0.1) is 11.3 Å². The smallest absolute Gasteiger partial charge is 0.260 e. The summed E-state index contributed by atoms with van der Waals surface area (Å²) in [5, 5.41) is 0.718. The zero-order valence-corrected chi connectivity index (χ0v) is 14.4. The van der Waals surface area contributed by atoms with Crippen LogP contribution in [-0.2, 0) is 0 Å².